The molecule has 0 fully saturated rings. The molecule has 0 aliphatic rings. The summed E-state index contributed by atoms with van der Waals surface area (Å²) in [7, 11) is -3.70. The van der Waals surface area contributed by atoms with Crippen molar-refractivity contribution < 1.29 is 22.0 Å². The first-order chi connectivity index (χ1) is 11.3. The van der Waals surface area contributed by atoms with Gasteiger partial charge in [-0.3, -0.25) is 4.79 Å². The number of hydrogen-bond acceptors (Lipinski definition) is 3. The first-order valence-electron chi connectivity index (χ1n) is 7.19. The van der Waals surface area contributed by atoms with Crippen molar-refractivity contribution in [3.63, 3.8) is 0 Å². The molecule has 0 aromatic heterocycles. The van der Waals surface area contributed by atoms with Gasteiger partial charge in [0.25, 0.3) is 5.91 Å². The minimum Gasteiger partial charge on any atom is -0.322 e. The third kappa shape index (κ3) is 4.36. The first-order valence-corrected chi connectivity index (χ1v) is 8.68. The Labute approximate surface area is 138 Å². The molecule has 0 aliphatic carbocycles. The molecule has 0 unspecified atom stereocenters. The Morgan fingerprint density at radius 3 is 2.50 bits per heavy atom. The van der Waals surface area contributed by atoms with Gasteiger partial charge in [0.05, 0.1) is 4.90 Å². The highest BCUT2D eigenvalue weighted by Crippen LogP contribution is 2.16. The highest BCUT2D eigenvalue weighted by atomic mass is 32.2. The van der Waals surface area contributed by atoms with Crippen molar-refractivity contribution in [1.82, 2.24) is 4.72 Å². The summed E-state index contributed by atoms with van der Waals surface area (Å²) in [6, 6.07) is 8.38. The summed E-state index contributed by atoms with van der Waals surface area (Å²) in [5, 5.41) is 2.39. The number of amides is 1. The van der Waals surface area contributed by atoms with E-state index in [4.69, 9.17) is 0 Å². The van der Waals surface area contributed by atoms with Crippen molar-refractivity contribution in [2.45, 2.75) is 18.2 Å². The molecule has 1 amide bonds. The van der Waals surface area contributed by atoms with Gasteiger partial charge in [-0.1, -0.05) is 13.0 Å². The van der Waals surface area contributed by atoms with Gasteiger partial charge in [-0.15, -0.1) is 0 Å². The van der Waals surface area contributed by atoms with Gasteiger partial charge in [-0.25, -0.2) is 21.9 Å². The number of carbonyl (C=O) groups is 1. The number of sulfonamides is 1. The predicted octanol–water partition coefficient (Wildman–Crippen LogP) is 2.91. The quantitative estimate of drug-likeness (QED) is 0.838. The molecule has 2 N–H and O–H groups in total. The van der Waals surface area contributed by atoms with Crippen LogP contribution in [0.4, 0.5) is 14.5 Å². The Hall–Kier alpha value is -2.32. The second kappa shape index (κ2) is 7.50. The predicted molar refractivity (Wildman–Crippen MR) is 86.2 cm³/mol. The lowest BCUT2D eigenvalue weighted by Crippen LogP contribution is -2.24. The first kappa shape index (κ1) is 18.0. The highest BCUT2D eigenvalue weighted by Gasteiger charge is 2.16. The molecule has 2 aromatic rings. The standard InChI is InChI=1S/C16H16F2N2O3S/c1-2-8-19-24(22,23)13-5-3-4-11(9-13)16(21)20-12-6-7-14(17)15(18)10-12/h3-7,9-10,19H,2,8H2,1H3,(H,20,21). The van der Waals surface area contributed by atoms with E-state index in [1.54, 1.807) is 0 Å². The maximum absolute atomic E-state index is 13.2. The second-order valence-electron chi connectivity index (χ2n) is 5.01. The number of carbonyl (C=O) groups excluding carboxylic acids is 1. The van der Waals surface area contributed by atoms with Gasteiger partial charge in [0.2, 0.25) is 10.0 Å². The second-order valence-corrected chi connectivity index (χ2v) is 6.78. The van der Waals surface area contributed by atoms with E-state index in [1.165, 1.54) is 30.3 Å². The average molecular weight is 354 g/mol. The third-order valence-electron chi connectivity index (χ3n) is 3.13. The fourth-order valence-corrected chi connectivity index (χ4v) is 3.08. The van der Waals surface area contributed by atoms with Crippen LogP contribution in [0.2, 0.25) is 0 Å². The fourth-order valence-electron chi connectivity index (χ4n) is 1.90. The van der Waals surface area contributed by atoms with Crippen LogP contribution in [0.25, 0.3) is 0 Å². The zero-order valence-electron chi connectivity index (χ0n) is 12.8. The van der Waals surface area contributed by atoms with Crippen molar-refractivity contribution in [1.29, 1.82) is 0 Å². The topological polar surface area (TPSA) is 75.3 Å². The third-order valence-corrected chi connectivity index (χ3v) is 4.58. The van der Waals surface area contributed by atoms with E-state index in [1.807, 2.05) is 6.92 Å². The Balaban J connectivity index is 2.21. The molecule has 0 bridgehead atoms. The van der Waals surface area contributed by atoms with Crippen LogP contribution in [-0.2, 0) is 10.0 Å². The number of anilines is 1. The van der Waals surface area contributed by atoms with Crippen LogP contribution < -0.4 is 10.0 Å². The van der Waals surface area contributed by atoms with Crippen molar-refractivity contribution in [2.75, 3.05) is 11.9 Å². The van der Waals surface area contributed by atoms with Crippen LogP contribution in [0.5, 0.6) is 0 Å². The Morgan fingerprint density at radius 2 is 1.83 bits per heavy atom. The molecule has 0 radical (unpaired) electrons. The average Bonchev–Trinajstić information content (AvgIpc) is 2.56. The largest absolute Gasteiger partial charge is 0.322 e. The summed E-state index contributed by atoms with van der Waals surface area (Å²) < 4.78 is 52.6. The van der Waals surface area contributed by atoms with Crippen molar-refractivity contribution in [2.24, 2.45) is 0 Å². The summed E-state index contributed by atoms with van der Waals surface area (Å²) in [6.07, 6.45) is 0.634. The van der Waals surface area contributed by atoms with Gasteiger partial charge in [0, 0.05) is 23.9 Å². The zero-order valence-corrected chi connectivity index (χ0v) is 13.7. The molecule has 0 aliphatic heterocycles. The molecule has 2 aromatic carbocycles. The summed E-state index contributed by atoms with van der Waals surface area (Å²) in [4.78, 5) is 12.1. The summed E-state index contributed by atoms with van der Waals surface area (Å²) in [5.41, 5.74) is 0.148. The number of benzene rings is 2. The molecule has 0 spiro atoms. The number of hydrogen-bond donors (Lipinski definition) is 2. The van der Waals surface area contributed by atoms with E-state index in [9.17, 15) is 22.0 Å². The van der Waals surface area contributed by atoms with Crippen LogP contribution in [0.3, 0.4) is 0 Å². The van der Waals surface area contributed by atoms with Gasteiger partial charge in [0.1, 0.15) is 0 Å². The van der Waals surface area contributed by atoms with Crippen molar-refractivity contribution >= 4 is 21.6 Å². The van der Waals surface area contributed by atoms with Gasteiger partial charge < -0.3 is 5.32 Å². The lowest BCUT2D eigenvalue weighted by Gasteiger charge is -2.09. The Kier molecular flexibility index (Phi) is 5.63. The Bertz CT molecular complexity index is 854. The van der Waals surface area contributed by atoms with E-state index in [2.05, 4.69) is 10.0 Å². The van der Waals surface area contributed by atoms with Crippen LogP contribution in [0.1, 0.15) is 23.7 Å². The fraction of sp³-hybridized carbons (Fsp3) is 0.188. The van der Waals surface area contributed by atoms with Crippen molar-refractivity contribution in [3.8, 4) is 0 Å². The van der Waals surface area contributed by atoms with E-state index in [0.717, 1.165) is 12.1 Å². The maximum Gasteiger partial charge on any atom is 0.255 e. The molecule has 0 atom stereocenters. The lowest BCUT2D eigenvalue weighted by molar-refractivity contribution is 0.102. The van der Waals surface area contributed by atoms with Crippen LogP contribution in [0.15, 0.2) is 47.4 Å². The smallest absolute Gasteiger partial charge is 0.255 e. The van der Waals surface area contributed by atoms with Crippen LogP contribution in [0, 0.1) is 11.6 Å². The molecule has 5 nitrogen and oxygen atoms in total. The van der Waals surface area contributed by atoms with Gasteiger partial charge in [-0.05, 0) is 36.8 Å². The molecule has 2 rings (SSSR count). The number of nitrogens with one attached hydrogen (secondary N) is 2. The van der Waals surface area contributed by atoms with Gasteiger partial charge >= 0.3 is 0 Å². The summed E-state index contributed by atoms with van der Waals surface area (Å²) in [6.45, 7) is 2.11. The van der Waals surface area contributed by atoms with Crippen LogP contribution >= 0.6 is 0 Å². The molecular formula is C16H16F2N2O3S. The SMILES string of the molecule is CCCNS(=O)(=O)c1cccc(C(=O)Nc2ccc(F)c(F)c2)c1. The highest BCUT2D eigenvalue weighted by molar-refractivity contribution is 7.89. The minimum atomic E-state index is -3.70. The van der Waals surface area contributed by atoms with Crippen molar-refractivity contribution in [3.05, 3.63) is 59.7 Å². The number of rotatable bonds is 6. The van der Waals surface area contributed by atoms with E-state index in [0.29, 0.717) is 6.42 Å². The van der Waals surface area contributed by atoms with Crippen LogP contribution in [-0.4, -0.2) is 20.9 Å². The minimum absolute atomic E-state index is 0.0473. The maximum atomic E-state index is 13.2. The molecule has 24 heavy (non-hydrogen) atoms. The van der Waals surface area contributed by atoms with Gasteiger partial charge in [-0.2, -0.15) is 0 Å². The molecule has 128 valence electrons. The zero-order chi connectivity index (χ0) is 17.7. The molecule has 0 saturated carbocycles. The normalized spacial score (nSPS) is 11.3. The Morgan fingerprint density at radius 1 is 1.08 bits per heavy atom. The molecular weight excluding hydrogens is 338 g/mol. The molecule has 0 saturated heterocycles. The number of halogens is 2. The van der Waals surface area contributed by atoms with E-state index >= 15 is 0 Å². The van der Waals surface area contributed by atoms with E-state index < -0.39 is 27.6 Å². The lowest BCUT2D eigenvalue weighted by atomic mass is 10.2. The summed E-state index contributed by atoms with van der Waals surface area (Å²) >= 11 is 0. The molecule has 0 heterocycles. The molecule has 8 heteroatoms. The van der Waals surface area contributed by atoms with E-state index in [-0.39, 0.29) is 22.7 Å². The van der Waals surface area contributed by atoms with Gasteiger partial charge in [0.15, 0.2) is 11.6 Å². The monoisotopic (exact) mass is 354 g/mol. The summed E-state index contributed by atoms with van der Waals surface area (Å²) in [5.74, 6) is -2.75.